The molecule has 0 atom stereocenters. The van der Waals surface area contributed by atoms with E-state index in [1.807, 2.05) is 26.0 Å². The lowest BCUT2D eigenvalue weighted by Gasteiger charge is -2.06. The van der Waals surface area contributed by atoms with Crippen molar-refractivity contribution in [2.24, 2.45) is 0 Å². The minimum Gasteiger partial charge on any atom is -0.317 e. The van der Waals surface area contributed by atoms with Crippen molar-refractivity contribution in [1.82, 2.24) is 14.4 Å². The third kappa shape index (κ3) is 1.98. The average Bonchev–Trinajstić information content (AvgIpc) is 2.57. The van der Waals surface area contributed by atoms with Gasteiger partial charge in [0.15, 0.2) is 0 Å². The van der Waals surface area contributed by atoms with Crippen molar-refractivity contribution < 1.29 is 0 Å². The van der Waals surface area contributed by atoms with Crippen LogP contribution in [0.15, 0.2) is 58.1 Å². The first kappa shape index (κ1) is 14.0. The lowest BCUT2D eigenvalue weighted by Crippen LogP contribution is -2.23. The molecule has 0 fully saturated rings. The molecule has 4 rings (SSSR count). The quantitative estimate of drug-likeness (QED) is 0.400. The summed E-state index contributed by atoms with van der Waals surface area (Å²) in [5.41, 5.74) is 1.31. The van der Waals surface area contributed by atoms with Crippen LogP contribution in [0.1, 0.15) is 13.8 Å². The molecule has 0 saturated carbocycles. The summed E-state index contributed by atoms with van der Waals surface area (Å²) in [7, 11) is 0. The minimum atomic E-state index is -0.369. The van der Waals surface area contributed by atoms with E-state index in [4.69, 9.17) is 0 Å². The summed E-state index contributed by atoms with van der Waals surface area (Å²) < 4.78 is 1.37. The highest BCUT2D eigenvalue weighted by Gasteiger charge is 2.10. The van der Waals surface area contributed by atoms with Crippen LogP contribution in [0.4, 0.5) is 0 Å². The largest absolute Gasteiger partial charge is 0.317 e. The average molecular weight is 293 g/mol. The van der Waals surface area contributed by atoms with E-state index in [0.29, 0.717) is 21.9 Å². The van der Waals surface area contributed by atoms with Crippen LogP contribution in [0.2, 0.25) is 0 Å². The fourth-order valence-electron chi connectivity index (χ4n) is 2.46. The third-order valence-corrected chi connectivity index (χ3v) is 3.37. The van der Waals surface area contributed by atoms with Gasteiger partial charge in [0.25, 0.3) is 11.1 Å². The van der Waals surface area contributed by atoms with Gasteiger partial charge in [0.05, 0.1) is 21.9 Å². The number of nitrogens with one attached hydrogen (secondary N) is 1. The normalized spacial score (nSPS) is 10.6. The number of nitrogens with zero attached hydrogens (tertiary/aromatic N) is 2. The van der Waals surface area contributed by atoms with E-state index >= 15 is 0 Å². The van der Waals surface area contributed by atoms with Gasteiger partial charge in [0.1, 0.15) is 0 Å². The standard InChI is InChI=1S/C15H9N3O2.C2H6/c19-14-13-16-10-6-2-1-5-9(10)15(20)18(13)12-8-4-3-7-11(12)17-14;1-2/h1-8H,(H,17,19);1-2H3. The number of fused-ring (bicyclic) bond motifs is 4. The van der Waals surface area contributed by atoms with Gasteiger partial charge < -0.3 is 4.98 Å². The van der Waals surface area contributed by atoms with Crippen molar-refractivity contribution in [3.8, 4) is 0 Å². The zero-order valence-corrected chi connectivity index (χ0v) is 12.3. The maximum atomic E-state index is 12.6. The molecule has 2 aromatic carbocycles. The van der Waals surface area contributed by atoms with E-state index in [9.17, 15) is 9.59 Å². The summed E-state index contributed by atoms with van der Waals surface area (Å²) >= 11 is 0. The number of aromatic amines is 1. The molecule has 5 nitrogen and oxygen atoms in total. The summed E-state index contributed by atoms with van der Waals surface area (Å²) in [6.45, 7) is 4.00. The van der Waals surface area contributed by atoms with Crippen LogP contribution in [0.25, 0.3) is 27.6 Å². The van der Waals surface area contributed by atoms with Crippen LogP contribution >= 0.6 is 0 Å². The molecule has 0 radical (unpaired) electrons. The van der Waals surface area contributed by atoms with E-state index < -0.39 is 0 Å². The van der Waals surface area contributed by atoms with Gasteiger partial charge in [-0.25, -0.2) is 4.98 Å². The van der Waals surface area contributed by atoms with Crippen LogP contribution in [0, 0.1) is 0 Å². The highest BCUT2D eigenvalue weighted by Crippen LogP contribution is 2.12. The van der Waals surface area contributed by atoms with Crippen molar-refractivity contribution in [2.45, 2.75) is 13.8 Å². The Bertz CT molecular complexity index is 1090. The van der Waals surface area contributed by atoms with Gasteiger partial charge in [-0.3, -0.25) is 14.0 Å². The van der Waals surface area contributed by atoms with Crippen molar-refractivity contribution in [1.29, 1.82) is 0 Å². The molecule has 1 N–H and O–H groups in total. The molecule has 0 bridgehead atoms. The fraction of sp³-hybridized carbons (Fsp3) is 0.118. The molecule has 0 aliphatic heterocycles. The summed E-state index contributed by atoms with van der Waals surface area (Å²) in [6.07, 6.45) is 0. The predicted molar refractivity (Wildman–Crippen MR) is 88.4 cm³/mol. The summed E-state index contributed by atoms with van der Waals surface area (Å²) in [5, 5.41) is 0.501. The zero-order valence-electron chi connectivity index (χ0n) is 12.3. The Kier molecular flexibility index (Phi) is 3.47. The lowest BCUT2D eigenvalue weighted by molar-refractivity contribution is 1.08. The molecular formula is C17H15N3O2. The Hall–Kier alpha value is -2.95. The van der Waals surface area contributed by atoms with E-state index in [1.54, 1.807) is 36.4 Å². The topological polar surface area (TPSA) is 67.2 Å². The van der Waals surface area contributed by atoms with E-state index in [2.05, 4.69) is 9.97 Å². The van der Waals surface area contributed by atoms with Crippen molar-refractivity contribution in [3.05, 3.63) is 69.2 Å². The number of rotatable bonds is 0. The molecule has 4 aromatic rings. The van der Waals surface area contributed by atoms with E-state index in [0.717, 1.165) is 0 Å². The molecule has 5 heteroatoms. The lowest BCUT2D eigenvalue weighted by atomic mass is 10.2. The van der Waals surface area contributed by atoms with Crippen LogP contribution in [-0.2, 0) is 0 Å². The molecule has 110 valence electrons. The Morgan fingerprint density at radius 2 is 1.64 bits per heavy atom. The maximum absolute atomic E-state index is 12.6. The SMILES string of the molecule is CC.O=c1[nH]c2ccccc2n2c(=O)c3ccccc3nc12. The summed E-state index contributed by atoms with van der Waals surface area (Å²) in [5.74, 6) is 0. The van der Waals surface area contributed by atoms with Crippen molar-refractivity contribution in [2.75, 3.05) is 0 Å². The highest BCUT2D eigenvalue weighted by molar-refractivity contribution is 5.83. The van der Waals surface area contributed by atoms with Crippen LogP contribution in [0.5, 0.6) is 0 Å². The van der Waals surface area contributed by atoms with Crippen LogP contribution in [0.3, 0.4) is 0 Å². The second-order valence-electron chi connectivity index (χ2n) is 4.56. The first-order valence-electron chi connectivity index (χ1n) is 7.18. The molecule has 0 amide bonds. The number of hydrogen-bond donors (Lipinski definition) is 1. The number of H-pyrrole nitrogens is 1. The van der Waals surface area contributed by atoms with E-state index in [-0.39, 0.29) is 16.8 Å². The van der Waals surface area contributed by atoms with E-state index in [1.165, 1.54) is 4.40 Å². The summed E-state index contributed by atoms with van der Waals surface area (Å²) in [4.78, 5) is 31.8. The fourth-order valence-corrected chi connectivity index (χ4v) is 2.46. The second-order valence-corrected chi connectivity index (χ2v) is 4.56. The Balaban J connectivity index is 0.000000693. The smallest absolute Gasteiger partial charge is 0.292 e. The van der Waals surface area contributed by atoms with Gasteiger partial charge in [-0.15, -0.1) is 0 Å². The Labute approximate surface area is 125 Å². The van der Waals surface area contributed by atoms with Gasteiger partial charge in [-0.2, -0.15) is 0 Å². The molecule has 22 heavy (non-hydrogen) atoms. The molecule has 0 unspecified atom stereocenters. The zero-order chi connectivity index (χ0) is 15.7. The third-order valence-electron chi connectivity index (χ3n) is 3.37. The molecule has 0 saturated heterocycles. The van der Waals surface area contributed by atoms with Gasteiger partial charge in [-0.05, 0) is 24.3 Å². The molecule has 2 aromatic heterocycles. The van der Waals surface area contributed by atoms with Crippen molar-refractivity contribution in [3.63, 3.8) is 0 Å². The van der Waals surface area contributed by atoms with Crippen LogP contribution < -0.4 is 11.1 Å². The number of hydrogen-bond acceptors (Lipinski definition) is 3. The first-order valence-corrected chi connectivity index (χ1v) is 7.18. The Morgan fingerprint density at radius 1 is 0.955 bits per heavy atom. The Morgan fingerprint density at radius 3 is 2.45 bits per heavy atom. The van der Waals surface area contributed by atoms with Gasteiger partial charge in [0, 0.05) is 0 Å². The monoisotopic (exact) mass is 293 g/mol. The minimum absolute atomic E-state index is 0.118. The molecular weight excluding hydrogens is 278 g/mol. The van der Waals surface area contributed by atoms with Gasteiger partial charge >= 0.3 is 0 Å². The predicted octanol–water partition coefficient (Wildman–Crippen LogP) is 2.72. The van der Waals surface area contributed by atoms with Gasteiger partial charge in [-0.1, -0.05) is 38.1 Å². The maximum Gasteiger partial charge on any atom is 0.292 e. The highest BCUT2D eigenvalue weighted by atomic mass is 16.1. The molecule has 2 heterocycles. The van der Waals surface area contributed by atoms with Crippen LogP contribution in [-0.4, -0.2) is 14.4 Å². The second kappa shape index (κ2) is 5.44. The molecule has 0 aliphatic carbocycles. The molecule has 0 spiro atoms. The number of benzene rings is 2. The summed E-state index contributed by atoms with van der Waals surface area (Å²) in [6, 6.07) is 14.2. The van der Waals surface area contributed by atoms with Crippen molar-refractivity contribution >= 4 is 27.6 Å². The number of aromatic nitrogens is 3. The molecule has 0 aliphatic rings. The van der Waals surface area contributed by atoms with Gasteiger partial charge in [0.2, 0.25) is 5.65 Å². The number of para-hydroxylation sites is 3. The first-order chi connectivity index (χ1) is 10.8.